The third kappa shape index (κ3) is 5.64. The molecule has 0 aliphatic carbocycles. The highest BCUT2D eigenvalue weighted by atomic mass is 16.5. The lowest BCUT2D eigenvalue weighted by molar-refractivity contribution is 0.129. The maximum absolute atomic E-state index is 5.90. The van der Waals surface area contributed by atoms with Gasteiger partial charge in [-0.05, 0) is 26.2 Å². The van der Waals surface area contributed by atoms with E-state index in [-0.39, 0.29) is 5.54 Å². The van der Waals surface area contributed by atoms with Gasteiger partial charge in [0.1, 0.15) is 0 Å². The molecule has 0 aromatic heterocycles. The van der Waals surface area contributed by atoms with E-state index in [0.29, 0.717) is 19.8 Å². The van der Waals surface area contributed by atoms with E-state index >= 15 is 0 Å². The second-order valence-electron chi connectivity index (χ2n) is 4.89. The van der Waals surface area contributed by atoms with E-state index in [1.165, 1.54) is 0 Å². The van der Waals surface area contributed by atoms with Crippen molar-refractivity contribution in [2.45, 2.75) is 31.7 Å². The minimum atomic E-state index is 0.0447. The maximum Gasteiger partial charge on any atom is 0.0672 e. The van der Waals surface area contributed by atoms with Gasteiger partial charge < -0.3 is 20.5 Å². The Labute approximate surface area is 105 Å². The molecule has 0 aromatic rings. The highest BCUT2D eigenvalue weighted by Gasteiger charge is 2.28. The molecule has 4 nitrogen and oxygen atoms in total. The molecule has 1 aliphatic heterocycles. The van der Waals surface area contributed by atoms with Gasteiger partial charge in [-0.1, -0.05) is 12.2 Å². The monoisotopic (exact) mass is 242 g/mol. The fourth-order valence-corrected chi connectivity index (χ4v) is 2.10. The lowest BCUT2D eigenvalue weighted by Gasteiger charge is -2.32. The van der Waals surface area contributed by atoms with Crippen molar-refractivity contribution in [3.63, 3.8) is 0 Å². The Morgan fingerprint density at radius 2 is 2.29 bits per heavy atom. The molecular formula is C13H26N2O2. The smallest absolute Gasteiger partial charge is 0.0672 e. The average molecular weight is 242 g/mol. The molecule has 0 aromatic carbocycles. The zero-order chi connectivity index (χ0) is 12.6. The summed E-state index contributed by atoms with van der Waals surface area (Å²) in [6, 6.07) is 0. The SMILES string of the molecule is C=C(C)COCCNC1(CN)CCCOCC1. The van der Waals surface area contributed by atoms with Crippen molar-refractivity contribution in [3.8, 4) is 0 Å². The molecular weight excluding hydrogens is 216 g/mol. The van der Waals surface area contributed by atoms with Crippen LogP contribution in [0.2, 0.25) is 0 Å². The summed E-state index contributed by atoms with van der Waals surface area (Å²) in [7, 11) is 0. The van der Waals surface area contributed by atoms with Gasteiger partial charge in [-0.15, -0.1) is 0 Å². The highest BCUT2D eigenvalue weighted by molar-refractivity contribution is 4.90. The van der Waals surface area contributed by atoms with Gasteiger partial charge in [0, 0.05) is 31.8 Å². The third-order valence-electron chi connectivity index (χ3n) is 3.15. The highest BCUT2D eigenvalue weighted by Crippen LogP contribution is 2.19. The predicted molar refractivity (Wildman–Crippen MR) is 70.1 cm³/mol. The van der Waals surface area contributed by atoms with Gasteiger partial charge >= 0.3 is 0 Å². The first-order valence-electron chi connectivity index (χ1n) is 6.43. The van der Waals surface area contributed by atoms with Gasteiger partial charge in [0.2, 0.25) is 0 Å². The van der Waals surface area contributed by atoms with Crippen LogP contribution in [0.3, 0.4) is 0 Å². The molecule has 0 spiro atoms. The Hall–Kier alpha value is -0.420. The fraction of sp³-hybridized carbons (Fsp3) is 0.846. The molecule has 0 amide bonds. The number of hydrogen-bond acceptors (Lipinski definition) is 4. The molecule has 1 rings (SSSR count). The van der Waals surface area contributed by atoms with Crippen LogP contribution in [-0.4, -0.2) is 45.1 Å². The molecule has 1 saturated heterocycles. The van der Waals surface area contributed by atoms with Gasteiger partial charge in [-0.25, -0.2) is 0 Å². The van der Waals surface area contributed by atoms with Crippen LogP contribution in [0.1, 0.15) is 26.2 Å². The predicted octanol–water partition coefficient (Wildman–Crippen LogP) is 1.07. The fourth-order valence-electron chi connectivity index (χ4n) is 2.10. The first-order valence-corrected chi connectivity index (χ1v) is 6.43. The second kappa shape index (κ2) is 7.82. The van der Waals surface area contributed by atoms with Crippen LogP contribution >= 0.6 is 0 Å². The number of ether oxygens (including phenoxy) is 2. The number of rotatable bonds is 7. The maximum atomic E-state index is 5.90. The zero-order valence-electron chi connectivity index (χ0n) is 11.0. The molecule has 4 heteroatoms. The van der Waals surface area contributed by atoms with E-state index in [9.17, 15) is 0 Å². The number of nitrogens with two attached hydrogens (primary N) is 1. The Morgan fingerprint density at radius 3 is 3.00 bits per heavy atom. The molecule has 0 saturated carbocycles. The molecule has 1 unspecified atom stereocenters. The summed E-state index contributed by atoms with van der Waals surface area (Å²) in [5, 5.41) is 3.54. The van der Waals surface area contributed by atoms with Crippen molar-refractivity contribution in [1.29, 1.82) is 0 Å². The van der Waals surface area contributed by atoms with Crippen LogP contribution < -0.4 is 11.1 Å². The third-order valence-corrected chi connectivity index (χ3v) is 3.15. The summed E-state index contributed by atoms with van der Waals surface area (Å²) in [6.07, 6.45) is 3.16. The van der Waals surface area contributed by atoms with Crippen LogP contribution in [0, 0.1) is 0 Å². The molecule has 17 heavy (non-hydrogen) atoms. The quantitative estimate of drug-likeness (QED) is 0.518. The van der Waals surface area contributed by atoms with E-state index in [1.807, 2.05) is 6.92 Å². The normalized spacial score (nSPS) is 25.5. The van der Waals surface area contributed by atoms with Crippen LogP contribution in [0.25, 0.3) is 0 Å². The van der Waals surface area contributed by atoms with E-state index in [0.717, 1.165) is 44.6 Å². The minimum absolute atomic E-state index is 0.0447. The molecule has 0 bridgehead atoms. The second-order valence-corrected chi connectivity index (χ2v) is 4.89. The summed E-state index contributed by atoms with van der Waals surface area (Å²) in [6.45, 7) is 10.3. The van der Waals surface area contributed by atoms with Gasteiger partial charge in [-0.2, -0.15) is 0 Å². The van der Waals surface area contributed by atoms with Crippen molar-refractivity contribution < 1.29 is 9.47 Å². The molecule has 1 aliphatic rings. The minimum Gasteiger partial charge on any atom is -0.381 e. The van der Waals surface area contributed by atoms with Crippen molar-refractivity contribution in [1.82, 2.24) is 5.32 Å². The number of nitrogens with one attached hydrogen (secondary N) is 1. The van der Waals surface area contributed by atoms with Crippen LogP contribution in [-0.2, 0) is 9.47 Å². The summed E-state index contributed by atoms with van der Waals surface area (Å²) >= 11 is 0. The first-order chi connectivity index (χ1) is 8.18. The van der Waals surface area contributed by atoms with Gasteiger partial charge in [0.25, 0.3) is 0 Å². The molecule has 100 valence electrons. The van der Waals surface area contributed by atoms with E-state index in [1.54, 1.807) is 0 Å². The van der Waals surface area contributed by atoms with Gasteiger partial charge in [0.05, 0.1) is 13.2 Å². The summed E-state index contributed by atoms with van der Waals surface area (Å²) < 4.78 is 10.9. The zero-order valence-corrected chi connectivity index (χ0v) is 11.0. The summed E-state index contributed by atoms with van der Waals surface area (Å²) in [4.78, 5) is 0. The van der Waals surface area contributed by atoms with Crippen molar-refractivity contribution in [3.05, 3.63) is 12.2 Å². The summed E-state index contributed by atoms with van der Waals surface area (Å²) in [5.74, 6) is 0. The molecule has 3 N–H and O–H groups in total. The number of hydrogen-bond donors (Lipinski definition) is 2. The van der Waals surface area contributed by atoms with E-state index < -0.39 is 0 Å². The standard InChI is InChI=1S/C13H26N2O2/c1-12(2)10-17-9-6-15-13(11-14)4-3-7-16-8-5-13/h15H,1,3-11,14H2,2H3. The van der Waals surface area contributed by atoms with E-state index in [2.05, 4.69) is 11.9 Å². The first kappa shape index (κ1) is 14.6. The van der Waals surface area contributed by atoms with Crippen LogP contribution in [0.5, 0.6) is 0 Å². The Balaban J connectivity index is 2.23. The Morgan fingerprint density at radius 1 is 1.47 bits per heavy atom. The molecule has 0 radical (unpaired) electrons. The lowest BCUT2D eigenvalue weighted by atomic mass is 9.90. The van der Waals surface area contributed by atoms with E-state index in [4.69, 9.17) is 15.2 Å². The van der Waals surface area contributed by atoms with Gasteiger partial charge in [-0.3, -0.25) is 0 Å². The Bertz CT molecular complexity index is 223. The molecule has 1 heterocycles. The Kier molecular flexibility index (Phi) is 6.73. The van der Waals surface area contributed by atoms with Crippen LogP contribution in [0.15, 0.2) is 12.2 Å². The van der Waals surface area contributed by atoms with Crippen molar-refractivity contribution >= 4 is 0 Å². The van der Waals surface area contributed by atoms with Crippen LogP contribution in [0.4, 0.5) is 0 Å². The lowest BCUT2D eigenvalue weighted by Crippen LogP contribution is -2.52. The summed E-state index contributed by atoms with van der Waals surface area (Å²) in [5.41, 5.74) is 7.00. The largest absolute Gasteiger partial charge is 0.381 e. The molecule has 1 fully saturated rings. The van der Waals surface area contributed by atoms with Crippen molar-refractivity contribution in [2.75, 3.05) is 39.5 Å². The molecule has 1 atom stereocenters. The van der Waals surface area contributed by atoms with Crippen molar-refractivity contribution in [2.24, 2.45) is 5.73 Å². The van der Waals surface area contributed by atoms with Gasteiger partial charge in [0.15, 0.2) is 0 Å². The topological polar surface area (TPSA) is 56.5 Å². The average Bonchev–Trinajstić information content (AvgIpc) is 2.54.